The van der Waals surface area contributed by atoms with Crippen molar-refractivity contribution in [2.45, 2.75) is 26.4 Å². The minimum Gasteiger partial charge on any atom is -0.508 e. The van der Waals surface area contributed by atoms with Crippen molar-refractivity contribution in [2.24, 2.45) is 5.92 Å². The molecule has 1 aromatic carbocycles. The molecule has 1 aliphatic heterocycles. The zero-order valence-electron chi connectivity index (χ0n) is 8.04. The largest absolute Gasteiger partial charge is 0.508 e. The van der Waals surface area contributed by atoms with Crippen LogP contribution in [0.3, 0.4) is 0 Å². The number of phenolic OH excluding ortho intramolecular Hbond substituents is 1. The van der Waals surface area contributed by atoms with Gasteiger partial charge in [0.2, 0.25) is 0 Å². The molecule has 1 heterocycles. The molecule has 2 heteroatoms. The van der Waals surface area contributed by atoms with Crippen molar-refractivity contribution in [3.63, 3.8) is 0 Å². The van der Waals surface area contributed by atoms with E-state index in [1.54, 1.807) is 6.07 Å². The van der Waals surface area contributed by atoms with Gasteiger partial charge in [0, 0.05) is 18.2 Å². The van der Waals surface area contributed by atoms with E-state index in [2.05, 4.69) is 25.2 Å². The minimum atomic E-state index is 0.405. The van der Waals surface area contributed by atoms with E-state index < -0.39 is 0 Å². The lowest BCUT2D eigenvalue weighted by Gasteiger charge is -2.15. The summed E-state index contributed by atoms with van der Waals surface area (Å²) in [6, 6.07) is 6.17. The van der Waals surface area contributed by atoms with Crippen LogP contribution in [0.2, 0.25) is 0 Å². The van der Waals surface area contributed by atoms with Crippen molar-refractivity contribution >= 4 is 0 Å². The third kappa shape index (κ3) is 1.31. The molecule has 0 radical (unpaired) electrons. The van der Waals surface area contributed by atoms with Crippen LogP contribution in [0.15, 0.2) is 18.2 Å². The van der Waals surface area contributed by atoms with Crippen molar-refractivity contribution in [1.82, 2.24) is 5.32 Å². The summed E-state index contributed by atoms with van der Waals surface area (Å²) in [6.07, 6.45) is 0. The van der Waals surface area contributed by atoms with Crippen LogP contribution < -0.4 is 5.32 Å². The summed E-state index contributed by atoms with van der Waals surface area (Å²) in [6.45, 7) is 5.18. The van der Waals surface area contributed by atoms with Gasteiger partial charge in [0.15, 0.2) is 0 Å². The van der Waals surface area contributed by atoms with Crippen LogP contribution in [0.1, 0.15) is 31.0 Å². The smallest absolute Gasteiger partial charge is 0.120 e. The van der Waals surface area contributed by atoms with E-state index in [1.165, 1.54) is 5.56 Å². The molecule has 1 aliphatic rings. The molecule has 0 saturated heterocycles. The number of benzene rings is 1. The highest BCUT2D eigenvalue weighted by atomic mass is 16.3. The van der Waals surface area contributed by atoms with Crippen LogP contribution >= 0.6 is 0 Å². The highest BCUT2D eigenvalue weighted by molar-refractivity contribution is 5.43. The second-order valence-corrected chi connectivity index (χ2v) is 3.95. The number of aromatic hydroxyl groups is 1. The predicted octanol–water partition coefficient (Wildman–Crippen LogP) is 2.19. The van der Waals surface area contributed by atoms with Crippen LogP contribution in [-0.2, 0) is 6.54 Å². The Morgan fingerprint density at radius 2 is 2.23 bits per heavy atom. The summed E-state index contributed by atoms with van der Waals surface area (Å²) in [5.74, 6) is 0.996. The second kappa shape index (κ2) is 3.04. The number of hydrogen-bond acceptors (Lipinski definition) is 2. The summed E-state index contributed by atoms with van der Waals surface area (Å²) in [4.78, 5) is 0. The monoisotopic (exact) mass is 177 g/mol. The number of rotatable bonds is 1. The molecule has 13 heavy (non-hydrogen) atoms. The first-order valence-electron chi connectivity index (χ1n) is 4.74. The number of fused-ring (bicyclic) bond motifs is 1. The fourth-order valence-electron chi connectivity index (χ4n) is 1.99. The number of hydrogen-bond donors (Lipinski definition) is 2. The molecule has 0 saturated carbocycles. The lowest BCUT2D eigenvalue weighted by molar-refractivity contribution is 0.440. The molecular weight excluding hydrogens is 162 g/mol. The lowest BCUT2D eigenvalue weighted by Crippen LogP contribution is -2.17. The van der Waals surface area contributed by atoms with E-state index in [-0.39, 0.29) is 0 Å². The molecule has 1 atom stereocenters. The number of nitrogens with one attached hydrogen (secondary N) is 1. The van der Waals surface area contributed by atoms with Crippen molar-refractivity contribution in [3.05, 3.63) is 29.3 Å². The average Bonchev–Trinajstić information content (AvgIpc) is 2.48. The van der Waals surface area contributed by atoms with Crippen LogP contribution in [0.4, 0.5) is 0 Å². The maximum atomic E-state index is 9.59. The third-order valence-electron chi connectivity index (χ3n) is 2.69. The highest BCUT2D eigenvalue weighted by Crippen LogP contribution is 2.34. The molecule has 0 amide bonds. The molecule has 1 aromatic rings. The van der Waals surface area contributed by atoms with Gasteiger partial charge in [-0.1, -0.05) is 26.0 Å². The molecule has 2 nitrogen and oxygen atoms in total. The van der Waals surface area contributed by atoms with E-state index in [0.717, 1.165) is 12.1 Å². The maximum absolute atomic E-state index is 9.59. The van der Waals surface area contributed by atoms with Gasteiger partial charge in [-0.3, -0.25) is 0 Å². The van der Waals surface area contributed by atoms with Crippen LogP contribution in [0.5, 0.6) is 5.75 Å². The van der Waals surface area contributed by atoms with Crippen molar-refractivity contribution < 1.29 is 5.11 Å². The molecule has 0 spiro atoms. The normalized spacial score (nSPS) is 20.7. The van der Waals surface area contributed by atoms with Crippen molar-refractivity contribution in [1.29, 1.82) is 0 Å². The van der Waals surface area contributed by atoms with Gasteiger partial charge in [-0.25, -0.2) is 0 Å². The third-order valence-corrected chi connectivity index (χ3v) is 2.69. The second-order valence-electron chi connectivity index (χ2n) is 3.95. The maximum Gasteiger partial charge on any atom is 0.120 e. The molecule has 70 valence electrons. The first-order valence-corrected chi connectivity index (χ1v) is 4.74. The predicted molar refractivity (Wildman–Crippen MR) is 52.5 cm³/mol. The van der Waals surface area contributed by atoms with E-state index in [1.807, 2.05) is 6.07 Å². The molecule has 0 fully saturated rings. The van der Waals surface area contributed by atoms with Gasteiger partial charge in [-0.05, 0) is 17.5 Å². The van der Waals surface area contributed by atoms with E-state index >= 15 is 0 Å². The summed E-state index contributed by atoms with van der Waals surface area (Å²) >= 11 is 0. The SMILES string of the molecule is CC(C)C1NCc2c(O)cccc21. The Morgan fingerprint density at radius 1 is 1.46 bits per heavy atom. The fourth-order valence-corrected chi connectivity index (χ4v) is 1.99. The zero-order valence-corrected chi connectivity index (χ0v) is 8.04. The van der Waals surface area contributed by atoms with Gasteiger partial charge in [0.05, 0.1) is 0 Å². The van der Waals surface area contributed by atoms with Crippen LogP contribution in [0.25, 0.3) is 0 Å². The van der Waals surface area contributed by atoms with Gasteiger partial charge < -0.3 is 10.4 Å². The molecule has 0 aromatic heterocycles. The van der Waals surface area contributed by atoms with Crippen LogP contribution in [0, 0.1) is 5.92 Å². The lowest BCUT2D eigenvalue weighted by atomic mass is 9.96. The van der Waals surface area contributed by atoms with Gasteiger partial charge >= 0.3 is 0 Å². The van der Waals surface area contributed by atoms with Gasteiger partial charge in [0.25, 0.3) is 0 Å². The summed E-state index contributed by atoms with van der Waals surface area (Å²) in [7, 11) is 0. The van der Waals surface area contributed by atoms with E-state index in [9.17, 15) is 5.11 Å². The fraction of sp³-hybridized carbons (Fsp3) is 0.455. The average molecular weight is 177 g/mol. The van der Waals surface area contributed by atoms with Crippen LogP contribution in [-0.4, -0.2) is 5.11 Å². The first kappa shape index (κ1) is 8.57. The zero-order chi connectivity index (χ0) is 9.42. The van der Waals surface area contributed by atoms with E-state index in [0.29, 0.717) is 17.7 Å². The topological polar surface area (TPSA) is 32.3 Å². The molecule has 1 unspecified atom stereocenters. The summed E-state index contributed by atoms with van der Waals surface area (Å²) in [5.41, 5.74) is 2.33. The Kier molecular flexibility index (Phi) is 2.00. The van der Waals surface area contributed by atoms with Gasteiger partial charge in [-0.2, -0.15) is 0 Å². The van der Waals surface area contributed by atoms with Crippen molar-refractivity contribution in [3.8, 4) is 5.75 Å². The Bertz CT molecular complexity index is 320. The van der Waals surface area contributed by atoms with E-state index in [4.69, 9.17) is 0 Å². The molecule has 2 rings (SSSR count). The Balaban J connectivity index is 2.43. The van der Waals surface area contributed by atoms with Gasteiger partial charge in [0.1, 0.15) is 5.75 Å². The summed E-state index contributed by atoms with van der Waals surface area (Å²) in [5, 5.41) is 13.0. The molecular formula is C11H15NO. The quantitative estimate of drug-likeness (QED) is 0.689. The van der Waals surface area contributed by atoms with Gasteiger partial charge in [-0.15, -0.1) is 0 Å². The molecule has 0 aliphatic carbocycles. The highest BCUT2D eigenvalue weighted by Gasteiger charge is 2.25. The van der Waals surface area contributed by atoms with Crippen molar-refractivity contribution in [2.75, 3.05) is 0 Å². The Morgan fingerprint density at radius 3 is 2.92 bits per heavy atom. The standard InChI is InChI=1S/C11H15NO/c1-7(2)11-8-4-3-5-10(13)9(8)6-12-11/h3-5,7,11-13H,6H2,1-2H3. The molecule has 2 N–H and O–H groups in total. The molecule has 0 bridgehead atoms. The Hall–Kier alpha value is -1.02. The minimum absolute atomic E-state index is 0.405. The number of phenols is 1. The summed E-state index contributed by atoms with van der Waals surface area (Å²) < 4.78 is 0. The Labute approximate surface area is 78.6 Å². The first-order chi connectivity index (χ1) is 6.20.